The fourth-order valence-electron chi connectivity index (χ4n) is 0. The van der Waals surface area contributed by atoms with Gasteiger partial charge in [0.2, 0.25) is 0 Å². The normalized spacial score (nSPS) is 4.89. The topological polar surface area (TPSA) is 63.2 Å². The zero-order chi connectivity index (χ0) is 6.99. The molecule has 0 bridgehead atoms. The first-order valence-electron chi connectivity index (χ1n) is 1.61. The first-order valence-corrected chi connectivity index (χ1v) is 2.84. The van der Waals surface area contributed by atoms with Crippen LogP contribution in [0.1, 0.15) is 0 Å². The van der Waals surface area contributed by atoms with Gasteiger partial charge >= 0.3 is 21.7 Å². The fraction of sp³-hybridized carbons (Fsp3) is 0. The molecule has 46 valence electrons. The summed E-state index contributed by atoms with van der Waals surface area (Å²) in [5.74, 6) is 0. The molecule has 0 aliphatic carbocycles. The van der Waals surface area contributed by atoms with Gasteiger partial charge in [-0.15, -0.1) is 0 Å². The maximum absolute atomic E-state index is 8.52. The van der Waals surface area contributed by atoms with Crippen LogP contribution in [-0.2, 0) is 26.2 Å². The van der Waals surface area contributed by atoms with Crippen molar-refractivity contribution in [1.82, 2.24) is 0 Å². The van der Waals surface area contributed by atoms with Crippen molar-refractivity contribution in [3.05, 3.63) is 25.3 Å². The van der Waals surface area contributed by atoms with Crippen LogP contribution in [0.2, 0.25) is 0 Å². The van der Waals surface area contributed by atoms with Gasteiger partial charge in [-0.25, -0.2) is 0 Å². The average Bonchev–Trinajstić information content (AvgIpc) is 1.65. The summed E-state index contributed by atoms with van der Waals surface area (Å²) in [7, 11) is -3.63. The van der Waals surface area contributed by atoms with Crippen molar-refractivity contribution >= 4 is 9.17 Å². The van der Waals surface area contributed by atoms with Gasteiger partial charge < -0.3 is 39.4 Å². The Morgan fingerprint density at radius 1 is 1.22 bits per heavy atom. The summed E-state index contributed by atoms with van der Waals surface area (Å²) in [5.41, 5.74) is 0. The Bertz CT molecular complexity index is 83.8. The van der Waals surface area contributed by atoms with E-state index in [-0.39, 0.29) is 21.7 Å². The molecule has 0 aromatic heterocycles. The van der Waals surface area contributed by atoms with Crippen LogP contribution in [0.15, 0.2) is 12.2 Å². The quantitative estimate of drug-likeness (QED) is 0.266. The standard InChI is InChI=1S/C4H4.O3Si.Ti/c1-3-4-2;1-4(2)3;/h1-4H;;/q2*-2;+4. The van der Waals surface area contributed by atoms with Gasteiger partial charge in [0, 0.05) is 9.17 Å². The van der Waals surface area contributed by atoms with E-state index < -0.39 is 9.17 Å². The number of hydrogen-bond acceptors (Lipinski definition) is 3. The molecule has 3 nitrogen and oxygen atoms in total. The molecule has 0 amide bonds. The Morgan fingerprint density at radius 2 is 1.33 bits per heavy atom. The van der Waals surface area contributed by atoms with Crippen molar-refractivity contribution in [1.29, 1.82) is 0 Å². The Balaban J connectivity index is -0.0000000720. The van der Waals surface area contributed by atoms with E-state index in [0.717, 1.165) is 0 Å². The number of rotatable bonds is 1. The second-order valence-electron chi connectivity index (χ2n) is 0.635. The maximum atomic E-state index is 8.52. The summed E-state index contributed by atoms with van der Waals surface area (Å²) in [4.78, 5) is 17.0. The number of allylic oxidation sites excluding steroid dienone is 2. The molecule has 0 aromatic carbocycles. The minimum Gasteiger partial charge on any atom is -0.672 e. The molecule has 0 aromatic rings. The van der Waals surface area contributed by atoms with Gasteiger partial charge in [0.25, 0.3) is 0 Å². The van der Waals surface area contributed by atoms with Crippen molar-refractivity contribution in [2.24, 2.45) is 0 Å². The molecule has 0 aliphatic heterocycles. The minimum absolute atomic E-state index is 0. The summed E-state index contributed by atoms with van der Waals surface area (Å²) < 4.78 is 8.52. The predicted octanol–water partition coefficient (Wildman–Crippen LogP) is -1.92. The van der Waals surface area contributed by atoms with E-state index in [1.54, 1.807) is 0 Å². The van der Waals surface area contributed by atoms with E-state index in [1.165, 1.54) is 12.2 Å². The summed E-state index contributed by atoms with van der Waals surface area (Å²) in [6, 6.07) is 0. The van der Waals surface area contributed by atoms with Gasteiger partial charge in [-0.05, 0) is 0 Å². The van der Waals surface area contributed by atoms with Crippen LogP contribution in [0.3, 0.4) is 0 Å². The van der Waals surface area contributed by atoms with E-state index in [9.17, 15) is 0 Å². The predicted molar refractivity (Wildman–Crippen MR) is 24.2 cm³/mol. The van der Waals surface area contributed by atoms with Gasteiger partial charge in [0.1, 0.15) is 0 Å². The monoisotopic (exact) mass is 176 g/mol. The van der Waals surface area contributed by atoms with E-state index in [1.807, 2.05) is 0 Å². The smallest absolute Gasteiger partial charge is 0.672 e. The SMILES string of the molecule is O=[Si]([O-])[O-].[CH-]=CC=[CH-].[Ti+4]. The van der Waals surface area contributed by atoms with Crippen LogP contribution in [0.5, 0.6) is 0 Å². The van der Waals surface area contributed by atoms with Gasteiger partial charge in [-0.1, -0.05) is 0 Å². The Hall–Kier alpha value is -0.189. The van der Waals surface area contributed by atoms with Crippen LogP contribution in [0.4, 0.5) is 0 Å². The van der Waals surface area contributed by atoms with Crippen LogP contribution in [0, 0.1) is 13.2 Å². The Kier molecular flexibility index (Phi) is 27.7. The molecule has 0 spiro atoms. The van der Waals surface area contributed by atoms with Gasteiger partial charge in [0.15, 0.2) is 0 Å². The molecular formula is C4H4O3SiTi. The van der Waals surface area contributed by atoms with Crippen molar-refractivity contribution in [3.63, 3.8) is 0 Å². The minimum atomic E-state index is -3.63. The van der Waals surface area contributed by atoms with Gasteiger partial charge in [-0.3, -0.25) is 0 Å². The molecule has 0 radical (unpaired) electrons. The van der Waals surface area contributed by atoms with Crippen LogP contribution in [-0.4, -0.2) is 9.17 Å². The van der Waals surface area contributed by atoms with Gasteiger partial charge in [0.05, 0.1) is 0 Å². The fourth-order valence-corrected chi connectivity index (χ4v) is 0. The number of hydrogen-bond donors (Lipinski definition) is 0. The van der Waals surface area contributed by atoms with Crippen LogP contribution >= 0.6 is 0 Å². The molecule has 0 fully saturated rings. The summed E-state index contributed by atoms with van der Waals surface area (Å²) in [5, 5.41) is 0. The molecular weight excluding hydrogens is 172 g/mol. The Morgan fingerprint density at radius 3 is 1.33 bits per heavy atom. The van der Waals surface area contributed by atoms with E-state index >= 15 is 0 Å². The maximum Gasteiger partial charge on any atom is 4.00 e. The first-order chi connectivity index (χ1) is 3.65. The van der Waals surface area contributed by atoms with E-state index in [0.29, 0.717) is 0 Å². The summed E-state index contributed by atoms with van der Waals surface area (Å²) in [6.45, 7) is 9.44. The zero-order valence-corrected chi connectivity index (χ0v) is 7.10. The van der Waals surface area contributed by atoms with Crippen molar-refractivity contribution < 1.29 is 35.8 Å². The third-order valence-corrected chi connectivity index (χ3v) is 0.111. The molecule has 0 heterocycles. The van der Waals surface area contributed by atoms with E-state index in [4.69, 9.17) is 27.2 Å². The van der Waals surface area contributed by atoms with Crippen LogP contribution < -0.4 is 9.59 Å². The molecule has 0 saturated carbocycles. The molecule has 0 atom stereocenters. The third kappa shape index (κ3) is 401. The van der Waals surface area contributed by atoms with E-state index in [2.05, 4.69) is 0 Å². The average molecular weight is 176 g/mol. The third-order valence-electron chi connectivity index (χ3n) is 0.111. The largest absolute Gasteiger partial charge is 4.00 e. The Labute approximate surface area is 70.5 Å². The second kappa shape index (κ2) is 15.7. The summed E-state index contributed by atoms with van der Waals surface area (Å²) in [6.07, 6.45) is 2.56. The first kappa shape index (κ1) is 15.9. The molecule has 5 heteroatoms. The molecule has 0 unspecified atom stereocenters. The molecule has 0 rings (SSSR count). The van der Waals surface area contributed by atoms with Crippen molar-refractivity contribution in [2.75, 3.05) is 0 Å². The van der Waals surface area contributed by atoms with Crippen molar-refractivity contribution in [3.8, 4) is 0 Å². The molecule has 9 heavy (non-hydrogen) atoms. The van der Waals surface area contributed by atoms with Gasteiger partial charge in [-0.2, -0.15) is 0 Å². The van der Waals surface area contributed by atoms with Crippen molar-refractivity contribution in [2.45, 2.75) is 0 Å². The molecule has 0 aliphatic rings. The zero-order valence-electron chi connectivity index (χ0n) is 4.53. The van der Waals surface area contributed by atoms with Crippen LogP contribution in [0.25, 0.3) is 0 Å². The summed E-state index contributed by atoms with van der Waals surface area (Å²) >= 11 is 0. The molecule has 0 N–H and O–H groups in total. The second-order valence-corrected chi connectivity index (χ2v) is 1.13. The molecule has 0 saturated heterocycles.